The van der Waals surface area contributed by atoms with Crippen molar-refractivity contribution in [2.45, 2.75) is 58.4 Å². The van der Waals surface area contributed by atoms with Gasteiger partial charge in [0.25, 0.3) is 0 Å². The highest BCUT2D eigenvalue weighted by atomic mass is 35.5. The summed E-state index contributed by atoms with van der Waals surface area (Å²) in [7, 11) is 2.11. The first-order chi connectivity index (χ1) is 17.9. The maximum Gasteiger partial charge on any atom is 0.211 e. The summed E-state index contributed by atoms with van der Waals surface area (Å²) in [6.07, 6.45) is 3.60. The second kappa shape index (κ2) is 15.4. The number of halogens is 3. The predicted molar refractivity (Wildman–Crippen MR) is 156 cm³/mol. The molecule has 2 fully saturated rings. The molecule has 2 aliphatic rings. The standard InChI is InChI=1S/C17H15Cl2FN2O.C7H14N2O.C5H12/c18-10-4-5-11(16(6-10)22-9-23)13-7-21-8-14(13)12-2-1-3-15(19)17(12)20;1-9-4-2-7(3-5-9)8-6-10;1-5(2,3)4/h1-6,9,13-14,21H,7-8H2,(H,22,23);6-7H,2-5H2,1H3,(H,8,10);1-4H3. The molecule has 0 aromatic heterocycles. The molecule has 0 saturated carbocycles. The molecule has 9 heteroatoms. The van der Waals surface area contributed by atoms with Gasteiger partial charge in [0.2, 0.25) is 12.8 Å². The summed E-state index contributed by atoms with van der Waals surface area (Å²) in [5, 5.41) is 9.43. The van der Waals surface area contributed by atoms with Crippen LogP contribution in [0.5, 0.6) is 0 Å². The number of piperidine rings is 1. The Bertz CT molecular complexity index is 1030. The van der Waals surface area contributed by atoms with E-state index in [2.05, 4.69) is 55.6 Å². The van der Waals surface area contributed by atoms with Crippen LogP contribution >= 0.6 is 23.2 Å². The second-order valence-corrected chi connectivity index (χ2v) is 12.2. The van der Waals surface area contributed by atoms with E-state index >= 15 is 0 Å². The summed E-state index contributed by atoms with van der Waals surface area (Å²) in [4.78, 5) is 23.2. The minimum atomic E-state index is -0.383. The molecule has 0 spiro atoms. The number of carbonyl (C=O) groups excluding carboxylic acids is 2. The fourth-order valence-corrected chi connectivity index (χ4v) is 4.80. The maximum absolute atomic E-state index is 14.4. The number of anilines is 1. The van der Waals surface area contributed by atoms with Gasteiger partial charge in [0, 0.05) is 41.7 Å². The third kappa shape index (κ3) is 10.5. The molecule has 38 heavy (non-hydrogen) atoms. The minimum Gasteiger partial charge on any atom is -0.356 e. The first-order valence-electron chi connectivity index (χ1n) is 13.0. The number of nitrogens with one attached hydrogen (secondary N) is 3. The van der Waals surface area contributed by atoms with Gasteiger partial charge in [0.1, 0.15) is 5.82 Å². The lowest BCUT2D eigenvalue weighted by Gasteiger charge is -2.28. The van der Waals surface area contributed by atoms with Gasteiger partial charge in [-0.25, -0.2) is 4.39 Å². The molecule has 2 amide bonds. The van der Waals surface area contributed by atoms with Gasteiger partial charge >= 0.3 is 0 Å². The molecule has 2 saturated heterocycles. The van der Waals surface area contributed by atoms with E-state index in [1.54, 1.807) is 30.3 Å². The van der Waals surface area contributed by atoms with Gasteiger partial charge in [0.15, 0.2) is 0 Å². The molecule has 3 N–H and O–H groups in total. The van der Waals surface area contributed by atoms with E-state index < -0.39 is 0 Å². The SMILES string of the molecule is CC(C)(C)C.CN1CCC(NC=O)CC1.O=CNc1cc(Cl)ccc1C1CNCC1c1cccc(Cl)c1F. The summed E-state index contributed by atoms with van der Waals surface area (Å²) in [5.41, 5.74) is 2.66. The third-order valence-corrected chi connectivity index (χ3v) is 6.77. The molecule has 0 bridgehead atoms. The molecular weight excluding hydrogens is 526 g/mol. The zero-order valence-corrected chi connectivity index (χ0v) is 24.5. The van der Waals surface area contributed by atoms with Crippen molar-refractivity contribution in [3.05, 3.63) is 63.4 Å². The van der Waals surface area contributed by atoms with Gasteiger partial charge in [-0.3, -0.25) is 9.59 Å². The van der Waals surface area contributed by atoms with Gasteiger partial charge in [0.05, 0.1) is 5.02 Å². The number of carbonyl (C=O) groups is 2. The highest BCUT2D eigenvalue weighted by Gasteiger charge is 2.33. The van der Waals surface area contributed by atoms with Crippen LogP contribution in [0.25, 0.3) is 0 Å². The first kappa shape index (κ1) is 32.0. The van der Waals surface area contributed by atoms with Crippen molar-refractivity contribution in [2.24, 2.45) is 5.41 Å². The van der Waals surface area contributed by atoms with E-state index in [0.29, 0.717) is 47.2 Å². The first-order valence-corrected chi connectivity index (χ1v) is 13.7. The average Bonchev–Trinajstić information content (AvgIpc) is 3.32. The van der Waals surface area contributed by atoms with E-state index in [4.69, 9.17) is 23.2 Å². The summed E-state index contributed by atoms with van der Waals surface area (Å²) in [6.45, 7) is 12.3. The van der Waals surface area contributed by atoms with Gasteiger partial charge in [-0.1, -0.05) is 69.1 Å². The van der Waals surface area contributed by atoms with E-state index in [1.807, 2.05) is 6.07 Å². The van der Waals surface area contributed by atoms with Crippen molar-refractivity contribution in [1.29, 1.82) is 0 Å². The Hall–Kier alpha value is -2.19. The van der Waals surface area contributed by atoms with Crippen LogP contribution < -0.4 is 16.0 Å². The van der Waals surface area contributed by atoms with Crippen molar-refractivity contribution >= 4 is 41.7 Å². The summed E-state index contributed by atoms with van der Waals surface area (Å²) in [6, 6.07) is 10.8. The number of hydrogen-bond acceptors (Lipinski definition) is 4. The van der Waals surface area contributed by atoms with Gasteiger partial charge in [-0.05, 0) is 67.7 Å². The van der Waals surface area contributed by atoms with Crippen LogP contribution in [0, 0.1) is 11.2 Å². The Morgan fingerprint density at radius 1 is 0.974 bits per heavy atom. The van der Waals surface area contributed by atoms with E-state index in [0.717, 1.165) is 37.9 Å². The van der Waals surface area contributed by atoms with Crippen LogP contribution in [-0.4, -0.2) is 57.0 Å². The monoisotopic (exact) mass is 566 g/mol. The number of amides is 2. The molecule has 2 heterocycles. The largest absolute Gasteiger partial charge is 0.356 e. The highest BCUT2D eigenvalue weighted by molar-refractivity contribution is 6.31. The molecular formula is C29H41Cl2FN4O2. The lowest BCUT2D eigenvalue weighted by molar-refractivity contribution is -0.110. The molecule has 2 aromatic rings. The van der Waals surface area contributed by atoms with Crippen molar-refractivity contribution in [2.75, 3.05) is 38.5 Å². The molecule has 2 aliphatic heterocycles. The third-order valence-electron chi connectivity index (χ3n) is 6.25. The summed E-state index contributed by atoms with van der Waals surface area (Å²) >= 11 is 11.9. The lowest BCUT2D eigenvalue weighted by atomic mass is 9.83. The van der Waals surface area contributed by atoms with Crippen LogP contribution in [0.2, 0.25) is 10.0 Å². The van der Waals surface area contributed by atoms with Crippen molar-refractivity contribution in [3.8, 4) is 0 Å². The smallest absolute Gasteiger partial charge is 0.211 e. The van der Waals surface area contributed by atoms with E-state index in [-0.39, 0.29) is 22.7 Å². The minimum absolute atomic E-state index is 0.0164. The molecule has 210 valence electrons. The Morgan fingerprint density at radius 3 is 2.16 bits per heavy atom. The predicted octanol–water partition coefficient (Wildman–Crippen LogP) is 6.05. The molecule has 0 aliphatic carbocycles. The van der Waals surface area contributed by atoms with Crippen LogP contribution in [0.3, 0.4) is 0 Å². The van der Waals surface area contributed by atoms with Crippen molar-refractivity contribution < 1.29 is 14.0 Å². The molecule has 2 atom stereocenters. The fourth-order valence-electron chi connectivity index (χ4n) is 4.45. The zero-order chi connectivity index (χ0) is 28.3. The number of rotatable bonds is 6. The zero-order valence-electron chi connectivity index (χ0n) is 23.0. The van der Waals surface area contributed by atoms with Crippen LogP contribution in [0.1, 0.15) is 63.5 Å². The highest BCUT2D eigenvalue weighted by Crippen LogP contribution is 2.41. The van der Waals surface area contributed by atoms with E-state index in [9.17, 15) is 14.0 Å². The Labute approximate surface area is 236 Å². The summed E-state index contributed by atoms with van der Waals surface area (Å²) in [5.74, 6) is -0.434. The van der Waals surface area contributed by atoms with Crippen molar-refractivity contribution in [3.63, 3.8) is 0 Å². The maximum atomic E-state index is 14.4. The van der Waals surface area contributed by atoms with Crippen molar-refractivity contribution in [1.82, 2.24) is 15.5 Å². The normalized spacial score (nSPS) is 19.9. The number of nitrogens with zero attached hydrogens (tertiary/aromatic N) is 1. The van der Waals surface area contributed by atoms with Crippen LogP contribution in [0.4, 0.5) is 10.1 Å². The van der Waals surface area contributed by atoms with Crippen LogP contribution in [0.15, 0.2) is 36.4 Å². The molecule has 2 aromatic carbocycles. The van der Waals surface area contributed by atoms with Gasteiger partial charge < -0.3 is 20.9 Å². The molecule has 6 nitrogen and oxygen atoms in total. The lowest BCUT2D eigenvalue weighted by Crippen LogP contribution is -2.40. The Balaban J connectivity index is 0.000000279. The van der Waals surface area contributed by atoms with Crippen LogP contribution in [-0.2, 0) is 9.59 Å². The number of likely N-dealkylation sites (tertiary alicyclic amines) is 1. The molecule has 2 unspecified atom stereocenters. The molecule has 0 radical (unpaired) electrons. The Morgan fingerprint density at radius 2 is 1.58 bits per heavy atom. The number of hydrogen-bond donors (Lipinski definition) is 3. The topological polar surface area (TPSA) is 73.5 Å². The number of benzene rings is 2. The fraction of sp³-hybridized carbons (Fsp3) is 0.517. The Kier molecular flexibility index (Phi) is 13.0. The van der Waals surface area contributed by atoms with E-state index in [1.165, 1.54) is 0 Å². The quantitative estimate of drug-likeness (QED) is 0.372. The summed E-state index contributed by atoms with van der Waals surface area (Å²) < 4.78 is 14.4. The average molecular weight is 568 g/mol. The van der Waals surface area contributed by atoms with Gasteiger partial charge in [-0.15, -0.1) is 0 Å². The molecule has 4 rings (SSSR count). The second-order valence-electron chi connectivity index (χ2n) is 11.4. The van der Waals surface area contributed by atoms with Gasteiger partial charge in [-0.2, -0.15) is 0 Å².